The van der Waals surface area contributed by atoms with Crippen LogP contribution in [0.2, 0.25) is 0 Å². The molecule has 0 aromatic carbocycles. The molecule has 0 fully saturated rings. The third-order valence-electron chi connectivity index (χ3n) is 4.33. The van der Waals surface area contributed by atoms with Crippen LogP contribution in [0.4, 0.5) is 0 Å². The van der Waals surface area contributed by atoms with Gasteiger partial charge in [-0.2, -0.15) is 0 Å². The van der Waals surface area contributed by atoms with Gasteiger partial charge < -0.3 is 10.1 Å². The molecule has 0 spiro atoms. The quantitative estimate of drug-likeness (QED) is 0.656. The van der Waals surface area contributed by atoms with Crippen molar-refractivity contribution in [2.75, 3.05) is 13.2 Å². The highest BCUT2D eigenvalue weighted by Crippen LogP contribution is 2.30. The highest BCUT2D eigenvalue weighted by molar-refractivity contribution is 5.18. The Morgan fingerprint density at radius 3 is 2.68 bits per heavy atom. The molecule has 0 amide bonds. The van der Waals surface area contributed by atoms with Crippen LogP contribution in [-0.2, 0) is 4.74 Å². The summed E-state index contributed by atoms with van der Waals surface area (Å²) in [5, 5.41) is 3.75. The van der Waals surface area contributed by atoms with Crippen LogP contribution in [-0.4, -0.2) is 24.8 Å². The van der Waals surface area contributed by atoms with Gasteiger partial charge in [-0.05, 0) is 58.9 Å². The van der Waals surface area contributed by atoms with E-state index in [0.717, 1.165) is 19.6 Å². The molecule has 2 nitrogen and oxygen atoms in total. The Morgan fingerprint density at radius 1 is 1.26 bits per heavy atom. The average molecular weight is 267 g/mol. The minimum atomic E-state index is -0.0694. The second kappa shape index (κ2) is 8.76. The van der Waals surface area contributed by atoms with Crippen molar-refractivity contribution in [1.82, 2.24) is 5.32 Å². The zero-order chi connectivity index (χ0) is 14.1. The number of allylic oxidation sites excluding steroid dienone is 1. The monoisotopic (exact) mass is 267 g/mol. The molecule has 1 aliphatic carbocycles. The van der Waals surface area contributed by atoms with Gasteiger partial charge in [0.05, 0.1) is 11.6 Å². The second-order valence-electron chi connectivity index (χ2n) is 5.86. The van der Waals surface area contributed by atoms with Crippen molar-refractivity contribution >= 4 is 0 Å². The molecule has 0 aliphatic heterocycles. The third kappa shape index (κ3) is 4.92. The van der Waals surface area contributed by atoms with E-state index in [1.54, 1.807) is 5.57 Å². The normalized spacial score (nSPS) is 21.4. The van der Waals surface area contributed by atoms with Crippen molar-refractivity contribution in [3.63, 3.8) is 0 Å². The first-order valence-electron chi connectivity index (χ1n) is 8.24. The highest BCUT2D eigenvalue weighted by atomic mass is 16.5. The lowest BCUT2D eigenvalue weighted by atomic mass is 9.85. The van der Waals surface area contributed by atoms with Gasteiger partial charge in [0.2, 0.25) is 0 Å². The first-order valence-corrected chi connectivity index (χ1v) is 8.24. The summed E-state index contributed by atoms with van der Waals surface area (Å²) in [5.74, 6) is 0. The molecule has 19 heavy (non-hydrogen) atoms. The summed E-state index contributed by atoms with van der Waals surface area (Å²) in [4.78, 5) is 0. The first kappa shape index (κ1) is 16.7. The van der Waals surface area contributed by atoms with E-state index < -0.39 is 0 Å². The van der Waals surface area contributed by atoms with Crippen molar-refractivity contribution < 1.29 is 4.74 Å². The van der Waals surface area contributed by atoms with Gasteiger partial charge in [-0.1, -0.05) is 31.9 Å². The van der Waals surface area contributed by atoms with Crippen LogP contribution >= 0.6 is 0 Å². The van der Waals surface area contributed by atoms with E-state index in [1.807, 2.05) is 0 Å². The Labute approximate surface area is 120 Å². The summed E-state index contributed by atoms with van der Waals surface area (Å²) >= 11 is 0. The van der Waals surface area contributed by atoms with Crippen molar-refractivity contribution in [1.29, 1.82) is 0 Å². The van der Waals surface area contributed by atoms with Crippen molar-refractivity contribution in [2.24, 2.45) is 0 Å². The molecule has 2 atom stereocenters. The molecule has 1 aliphatic rings. The smallest absolute Gasteiger partial charge is 0.0842 e. The Balaban J connectivity index is 2.87. The van der Waals surface area contributed by atoms with E-state index in [4.69, 9.17) is 4.74 Å². The van der Waals surface area contributed by atoms with E-state index in [2.05, 4.69) is 39.1 Å². The third-order valence-corrected chi connectivity index (χ3v) is 4.33. The van der Waals surface area contributed by atoms with Crippen LogP contribution < -0.4 is 5.32 Å². The summed E-state index contributed by atoms with van der Waals surface area (Å²) in [6, 6.07) is 0.385. The van der Waals surface area contributed by atoms with Gasteiger partial charge in [-0.3, -0.25) is 0 Å². The number of hydrogen-bond acceptors (Lipinski definition) is 2. The van der Waals surface area contributed by atoms with Crippen LogP contribution in [0.5, 0.6) is 0 Å². The number of ether oxygens (including phenoxy) is 1. The molecule has 0 bridgehead atoms. The predicted molar refractivity (Wildman–Crippen MR) is 83.6 cm³/mol. The van der Waals surface area contributed by atoms with Gasteiger partial charge in [-0.25, -0.2) is 0 Å². The fourth-order valence-electron chi connectivity index (χ4n) is 3.05. The Bertz CT molecular complexity index is 274. The van der Waals surface area contributed by atoms with Gasteiger partial charge >= 0.3 is 0 Å². The summed E-state index contributed by atoms with van der Waals surface area (Å²) in [6.07, 6.45) is 11.2. The van der Waals surface area contributed by atoms with Crippen molar-refractivity contribution in [3.8, 4) is 0 Å². The van der Waals surface area contributed by atoms with Gasteiger partial charge in [0.25, 0.3) is 0 Å². The van der Waals surface area contributed by atoms with E-state index in [-0.39, 0.29) is 5.60 Å². The van der Waals surface area contributed by atoms with Gasteiger partial charge in [0.15, 0.2) is 0 Å². The molecule has 1 N–H and O–H groups in total. The molecule has 2 unspecified atom stereocenters. The lowest BCUT2D eigenvalue weighted by Gasteiger charge is -2.39. The zero-order valence-corrected chi connectivity index (χ0v) is 13.4. The molecule has 0 radical (unpaired) electrons. The molecule has 0 heterocycles. The fraction of sp³-hybridized carbons (Fsp3) is 0.882. The average Bonchev–Trinajstić information content (AvgIpc) is 2.68. The molecule has 1 rings (SSSR count). The molecule has 2 heteroatoms. The fourth-order valence-corrected chi connectivity index (χ4v) is 3.05. The Morgan fingerprint density at radius 2 is 2.05 bits per heavy atom. The molecular weight excluding hydrogens is 234 g/mol. The largest absolute Gasteiger partial charge is 0.374 e. The summed E-state index contributed by atoms with van der Waals surface area (Å²) in [7, 11) is 0. The maximum atomic E-state index is 6.13. The number of nitrogens with one attached hydrogen (secondary N) is 1. The van der Waals surface area contributed by atoms with Crippen LogP contribution in [0.25, 0.3) is 0 Å². The zero-order valence-electron chi connectivity index (χ0n) is 13.4. The maximum Gasteiger partial charge on any atom is 0.0842 e. The standard InChI is InChI=1S/C17H33NO/c1-5-14-18-16(17(4,6-2)19-7-3)15-12-10-8-9-11-13-15/h12,16,18H,5-11,13-14H2,1-4H3. The van der Waals surface area contributed by atoms with Gasteiger partial charge in [0, 0.05) is 6.61 Å². The Hall–Kier alpha value is -0.340. The van der Waals surface area contributed by atoms with Crippen molar-refractivity contribution in [3.05, 3.63) is 11.6 Å². The molecule has 0 aromatic heterocycles. The van der Waals surface area contributed by atoms with E-state index in [1.165, 1.54) is 38.5 Å². The second-order valence-corrected chi connectivity index (χ2v) is 5.86. The lowest BCUT2D eigenvalue weighted by Crippen LogP contribution is -2.51. The van der Waals surface area contributed by atoms with E-state index in [9.17, 15) is 0 Å². The number of hydrogen-bond donors (Lipinski definition) is 1. The van der Waals surface area contributed by atoms with Crippen LogP contribution in [0.1, 0.15) is 72.6 Å². The van der Waals surface area contributed by atoms with Crippen molar-refractivity contribution in [2.45, 2.75) is 84.3 Å². The van der Waals surface area contributed by atoms with E-state index in [0.29, 0.717) is 6.04 Å². The lowest BCUT2D eigenvalue weighted by molar-refractivity contribution is -0.0471. The van der Waals surface area contributed by atoms with Crippen LogP contribution in [0.3, 0.4) is 0 Å². The summed E-state index contributed by atoms with van der Waals surface area (Å²) in [6.45, 7) is 10.7. The van der Waals surface area contributed by atoms with E-state index >= 15 is 0 Å². The predicted octanol–water partition coefficient (Wildman–Crippen LogP) is 4.45. The molecule has 0 saturated carbocycles. The minimum Gasteiger partial charge on any atom is -0.374 e. The topological polar surface area (TPSA) is 21.3 Å². The van der Waals surface area contributed by atoms with Gasteiger partial charge in [0.1, 0.15) is 0 Å². The maximum absolute atomic E-state index is 6.13. The molecule has 0 saturated heterocycles. The SMILES string of the molecule is CCCNC(C1=CCCCCC1)C(C)(CC)OCC. The van der Waals surface area contributed by atoms with Crippen LogP contribution in [0.15, 0.2) is 11.6 Å². The summed E-state index contributed by atoms with van der Waals surface area (Å²) in [5.41, 5.74) is 1.52. The number of rotatable bonds is 8. The Kier molecular flexibility index (Phi) is 7.70. The summed E-state index contributed by atoms with van der Waals surface area (Å²) < 4.78 is 6.13. The van der Waals surface area contributed by atoms with Gasteiger partial charge in [-0.15, -0.1) is 0 Å². The minimum absolute atomic E-state index is 0.0694. The molecule has 112 valence electrons. The highest BCUT2D eigenvalue weighted by Gasteiger charge is 2.35. The molecular formula is C17H33NO. The first-order chi connectivity index (χ1) is 9.18. The van der Waals surface area contributed by atoms with Crippen LogP contribution in [0, 0.1) is 0 Å². The molecule has 0 aromatic rings.